The molecule has 0 aromatic heterocycles. The monoisotopic (exact) mass is 310 g/mol. The normalized spacial score (nSPS) is 11.3. The fourth-order valence-corrected chi connectivity index (χ4v) is 3.65. The highest BCUT2D eigenvalue weighted by Gasteiger charge is 2.22. The Morgan fingerprint density at radius 3 is 2.30 bits per heavy atom. The van der Waals surface area contributed by atoms with Crippen molar-refractivity contribution in [3.8, 4) is 0 Å². The van der Waals surface area contributed by atoms with Crippen LogP contribution >= 0.6 is 11.6 Å². The van der Waals surface area contributed by atoms with Gasteiger partial charge in [-0.25, -0.2) is 8.42 Å². The van der Waals surface area contributed by atoms with Crippen molar-refractivity contribution < 1.29 is 8.42 Å². The molecule has 0 aliphatic rings. The second-order valence-electron chi connectivity index (χ2n) is 4.53. The molecule has 0 aliphatic heterocycles. The van der Waals surface area contributed by atoms with Crippen LogP contribution in [0.4, 0.5) is 11.4 Å². The van der Waals surface area contributed by atoms with Gasteiger partial charge in [0.1, 0.15) is 4.90 Å². The molecule has 0 amide bonds. The number of rotatable bonds is 3. The molecule has 0 unspecified atom stereocenters. The summed E-state index contributed by atoms with van der Waals surface area (Å²) in [7, 11) is -3.78. The number of hydrogen-bond acceptors (Lipinski definition) is 3. The summed E-state index contributed by atoms with van der Waals surface area (Å²) in [6, 6.07) is 10.2. The van der Waals surface area contributed by atoms with Gasteiger partial charge in [-0.3, -0.25) is 4.72 Å². The van der Waals surface area contributed by atoms with Crippen molar-refractivity contribution in [1.29, 1.82) is 0 Å². The van der Waals surface area contributed by atoms with E-state index < -0.39 is 10.0 Å². The van der Waals surface area contributed by atoms with E-state index >= 15 is 0 Å². The minimum atomic E-state index is -3.78. The van der Waals surface area contributed by atoms with Gasteiger partial charge in [-0.2, -0.15) is 0 Å². The molecule has 0 saturated carbocycles. The van der Waals surface area contributed by atoms with E-state index in [-0.39, 0.29) is 10.6 Å². The van der Waals surface area contributed by atoms with E-state index in [4.69, 9.17) is 17.3 Å². The summed E-state index contributed by atoms with van der Waals surface area (Å²) in [6.45, 7) is 3.47. The molecule has 2 aromatic carbocycles. The molecular formula is C14H15ClN2O2S. The molecule has 2 aromatic rings. The predicted octanol–water partition coefficient (Wildman–Crippen LogP) is 3.34. The molecule has 0 saturated heterocycles. The van der Waals surface area contributed by atoms with Gasteiger partial charge in [0.2, 0.25) is 0 Å². The lowest BCUT2D eigenvalue weighted by molar-refractivity contribution is 0.601. The van der Waals surface area contributed by atoms with Gasteiger partial charge >= 0.3 is 0 Å². The van der Waals surface area contributed by atoms with Crippen molar-refractivity contribution in [2.24, 2.45) is 0 Å². The Kier molecular flexibility index (Phi) is 3.92. The lowest BCUT2D eigenvalue weighted by atomic mass is 10.1. The van der Waals surface area contributed by atoms with Gasteiger partial charge in [0.05, 0.1) is 16.4 Å². The quantitative estimate of drug-likeness (QED) is 0.854. The largest absolute Gasteiger partial charge is 0.397 e. The standard InChI is InChI=1S/C14H15ClN2O2S/c1-9-7-8-10(2)14(13(9)16)20(18,19)17-12-6-4-3-5-11(12)15/h3-8,17H,16H2,1-2H3. The van der Waals surface area contributed by atoms with Gasteiger partial charge in [-0.1, -0.05) is 35.9 Å². The molecule has 0 radical (unpaired) electrons. The Labute approximate surface area is 123 Å². The summed E-state index contributed by atoms with van der Waals surface area (Å²) in [4.78, 5) is 0.0948. The van der Waals surface area contributed by atoms with Crippen molar-refractivity contribution in [2.75, 3.05) is 10.5 Å². The maximum absolute atomic E-state index is 12.5. The number of hydrogen-bond donors (Lipinski definition) is 2. The van der Waals surface area contributed by atoms with E-state index in [0.717, 1.165) is 5.56 Å². The second-order valence-corrected chi connectivity index (χ2v) is 6.55. The van der Waals surface area contributed by atoms with E-state index in [0.29, 0.717) is 16.3 Å². The number of nitrogens with two attached hydrogens (primary N) is 1. The van der Waals surface area contributed by atoms with Crippen LogP contribution in [0.5, 0.6) is 0 Å². The number of nitrogens with one attached hydrogen (secondary N) is 1. The first-order chi connectivity index (χ1) is 9.33. The minimum absolute atomic E-state index is 0.0948. The molecular weight excluding hydrogens is 296 g/mol. The zero-order valence-corrected chi connectivity index (χ0v) is 12.7. The molecule has 106 valence electrons. The third kappa shape index (κ3) is 2.73. The summed E-state index contributed by atoms with van der Waals surface area (Å²) in [5.74, 6) is 0. The van der Waals surface area contributed by atoms with Crippen LogP contribution in [0.15, 0.2) is 41.3 Å². The molecule has 0 bridgehead atoms. The van der Waals surface area contributed by atoms with Crippen molar-refractivity contribution in [1.82, 2.24) is 0 Å². The van der Waals surface area contributed by atoms with Crippen LogP contribution < -0.4 is 10.5 Å². The van der Waals surface area contributed by atoms with E-state index in [1.807, 2.05) is 0 Å². The van der Waals surface area contributed by atoms with Gasteiger partial charge < -0.3 is 5.73 Å². The third-order valence-corrected chi connectivity index (χ3v) is 4.90. The highest BCUT2D eigenvalue weighted by Crippen LogP contribution is 2.29. The average Bonchev–Trinajstić information content (AvgIpc) is 2.37. The number of aryl methyl sites for hydroxylation is 2. The highest BCUT2D eigenvalue weighted by molar-refractivity contribution is 7.93. The number of anilines is 2. The molecule has 20 heavy (non-hydrogen) atoms. The maximum atomic E-state index is 12.5. The van der Waals surface area contributed by atoms with Gasteiger partial charge in [-0.15, -0.1) is 0 Å². The van der Waals surface area contributed by atoms with Crippen LogP contribution in [-0.4, -0.2) is 8.42 Å². The van der Waals surface area contributed by atoms with Crippen LogP contribution in [-0.2, 0) is 10.0 Å². The van der Waals surface area contributed by atoms with Crippen molar-refractivity contribution >= 4 is 33.0 Å². The summed E-state index contributed by atoms with van der Waals surface area (Å²) in [5, 5.41) is 0.333. The van der Waals surface area contributed by atoms with Crippen molar-refractivity contribution in [3.05, 3.63) is 52.5 Å². The lowest BCUT2D eigenvalue weighted by Gasteiger charge is -2.14. The third-order valence-electron chi connectivity index (χ3n) is 3.00. The first-order valence-electron chi connectivity index (χ1n) is 5.96. The first kappa shape index (κ1) is 14.7. The van der Waals surface area contributed by atoms with Crippen LogP contribution in [0, 0.1) is 13.8 Å². The summed E-state index contributed by atoms with van der Waals surface area (Å²) in [5.41, 5.74) is 7.80. The van der Waals surface area contributed by atoms with E-state index in [9.17, 15) is 8.42 Å². The smallest absolute Gasteiger partial charge is 0.264 e. The molecule has 0 spiro atoms. The molecule has 0 atom stereocenters. The SMILES string of the molecule is Cc1ccc(C)c(S(=O)(=O)Nc2ccccc2Cl)c1N. The topological polar surface area (TPSA) is 72.2 Å². The fourth-order valence-electron chi connectivity index (χ4n) is 1.90. The number of halogens is 1. The maximum Gasteiger partial charge on any atom is 0.264 e. The van der Waals surface area contributed by atoms with Gasteiger partial charge in [0.15, 0.2) is 0 Å². The number of sulfonamides is 1. The Bertz CT molecular complexity index is 758. The van der Waals surface area contributed by atoms with Crippen molar-refractivity contribution in [2.45, 2.75) is 18.7 Å². The Balaban J connectivity index is 2.52. The van der Waals surface area contributed by atoms with Crippen LogP contribution in [0.1, 0.15) is 11.1 Å². The average molecular weight is 311 g/mol. The Hall–Kier alpha value is -1.72. The zero-order chi connectivity index (χ0) is 14.9. The molecule has 6 heteroatoms. The predicted molar refractivity (Wildman–Crippen MR) is 82.6 cm³/mol. The van der Waals surface area contributed by atoms with Gasteiger partial charge in [0.25, 0.3) is 10.0 Å². The molecule has 2 rings (SSSR count). The van der Waals surface area contributed by atoms with Crippen LogP contribution in [0.3, 0.4) is 0 Å². The summed E-state index contributed by atoms with van der Waals surface area (Å²) >= 11 is 5.97. The molecule has 0 aliphatic carbocycles. The molecule has 3 N–H and O–H groups in total. The molecule has 0 heterocycles. The Morgan fingerprint density at radius 1 is 1.05 bits per heavy atom. The van der Waals surface area contributed by atoms with Crippen LogP contribution in [0.2, 0.25) is 5.02 Å². The van der Waals surface area contributed by atoms with E-state index in [1.54, 1.807) is 50.2 Å². The molecule has 0 fully saturated rings. The first-order valence-corrected chi connectivity index (χ1v) is 7.82. The highest BCUT2D eigenvalue weighted by atomic mass is 35.5. The second kappa shape index (κ2) is 5.34. The van der Waals surface area contributed by atoms with E-state index in [2.05, 4.69) is 4.72 Å². The van der Waals surface area contributed by atoms with Gasteiger partial charge in [-0.05, 0) is 37.1 Å². The zero-order valence-electron chi connectivity index (χ0n) is 11.1. The van der Waals surface area contributed by atoms with Crippen LogP contribution in [0.25, 0.3) is 0 Å². The fraction of sp³-hybridized carbons (Fsp3) is 0.143. The number of nitrogen functional groups attached to an aromatic ring is 1. The Morgan fingerprint density at radius 2 is 1.65 bits per heavy atom. The number of benzene rings is 2. The van der Waals surface area contributed by atoms with Gasteiger partial charge in [0, 0.05) is 0 Å². The summed E-state index contributed by atoms with van der Waals surface area (Å²) in [6.07, 6.45) is 0. The summed E-state index contributed by atoms with van der Waals surface area (Å²) < 4.78 is 27.5. The number of para-hydroxylation sites is 1. The minimum Gasteiger partial charge on any atom is -0.397 e. The lowest BCUT2D eigenvalue weighted by Crippen LogP contribution is -2.17. The van der Waals surface area contributed by atoms with E-state index in [1.165, 1.54) is 0 Å². The molecule has 4 nitrogen and oxygen atoms in total. The van der Waals surface area contributed by atoms with Crippen molar-refractivity contribution in [3.63, 3.8) is 0 Å².